The highest BCUT2D eigenvalue weighted by Gasteiger charge is 2.31. The number of sulfone groups is 1. The van der Waals surface area contributed by atoms with Gasteiger partial charge in [0, 0.05) is 11.9 Å². The molecule has 1 fully saturated rings. The Bertz CT molecular complexity index is 762. The van der Waals surface area contributed by atoms with Crippen LogP contribution in [0.4, 0.5) is 11.8 Å². The number of nitrogens with one attached hydrogen (secondary N) is 2. The number of hydrogen-bond acceptors (Lipinski definition) is 7. The normalized spacial score (nSPS) is 20.5. The van der Waals surface area contributed by atoms with Crippen LogP contribution in [0.5, 0.6) is 0 Å². The predicted molar refractivity (Wildman–Crippen MR) is 82.6 cm³/mol. The number of para-hydroxylation sites is 1. The van der Waals surface area contributed by atoms with E-state index < -0.39 is 9.84 Å². The van der Waals surface area contributed by atoms with E-state index in [0.29, 0.717) is 24.7 Å². The van der Waals surface area contributed by atoms with Crippen molar-refractivity contribution in [3.8, 4) is 0 Å². The van der Waals surface area contributed by atoms with Crippen LogP contribution in [0.2, 0.25) is 0 Å². The second-order valence-electron chi connectivity index (χ2n) is 5.07. The Morgan fingerprint density at radius 1 is 1.29 bits per heavy atom. The summed E-state index contributed by atoms with van der Waals surface area (Å²) in [6.45, 7) is 0.355. The SMILES string of the molecule is NNc1nc(NCC2CCCS2(=O)=O)c2ccccc2n1. The number of aromatic nitrogens is 2. The van der Waals surface area contributed by atoms with Crippen LogP contribution in [0.25, 0.3) is 10.9 Å². The van der Waals surface area contributed by atoms with Gasteiger partial charge in [-0.25, -0.2) is 19.2 Å². The summed E-state index contributed by atoms with van der Waals surface area (Å²) in [6.07, 6.45) is 1.43. The van der Waals surface area contributed by atoms with Gasteiger partial charge in [0.15, 0.2) is 9.84 Å². The second kappa shape index (κ2) is 5.45. The van der Waals surface area contributed by atoms with E-state index in [-0.39, 0.29) is 11.0 Å². The van der Waals surface area contributed by atoms with E-state index in [4.69, 9.17) is 5.84 Å². The number of nitrogen functional groups attached to an aromatic ring is 1. The average molecular weight is 307 g/mol. The molecule has 21 heavy (non-hydrogen) atoms. The summed E-state index contributed by atoms with van der Waals surface area (Å²) in [5, 5.41) is 3.63. The van der Waals surface area contributed by atoms with Gasteiger partial charge >= 0.3 is 0 Å². The van der Waals surface area contributed by atoms with Crippen molar-refractivity contribution < 1.29 is 8.42 Å². The van der Waals surface area contributed by atoms with E-state index in [1.54, 1.807) is 0 Å². The van der Waals surface area contributed by atoms with Gasteiger partial charge in [-0.05, 0) is 25.0 Å². The zero-order valence-electron chi connectivity index (χ0n) is 11.4. The summed E-state index contributed by atoms with van der Waals surface area (Å²) >= 11 is 0. The van der Waals surface area contributed by atoms with Crippen molar-refractivity contribution in [2.24, 2.45) is 5.84 Å². The first kappa shape index (κ1) is 14.0. The Morgan fingerprint density at radius 3 is 2.81 bits per heavy atom. The van der Waals surface area contributed by atoms with E-state index in [0.717, 1.165) is 17.3 Å². The van der Waals surface area contributed by atoms with Crippen LogP contribution in [0.3, 0.4) is 0 Å². The summed E-state index contributed by atoms with van der Waals surface area (Å²) < 4.78 is 23.7. The van der Waals surface area contributed by atoms with Gasteiger partial charge in [-0.3, -0.25) is 5.43 Å². The Balaban J connectivity index is 1.89. The zero-order chi connectivity index (χ0) is 14.9. The summed E-state index contributed by atoms with van der Waals surface area (Å²) in [5.41, 5.74) is 3.17. The molecule has 7 nitrogen and oxygen atoms in total. The van der Waals surface area contributed by atoms with Gasteiger partial charge in [0.2, 0.25) is 5.95 Å². The minimum absolute atomic E-state index is 0.277. The third-order valence-electron chi connectivity index (χ3n) is 3.69. The summed E-state index contributed by atoms with van der Waals surface area (Å²) in [6, 6.07) is 7.51. The molecule has 0 aliphatic carbocycles. The molecule has 1 aliphatic heterocycles. The standard InChI is InChI=1S/C13H17N5O2S/c14-18-13-16-11-6-2-1-5-10(11)12(17-13)15-8-9-4-3-7-21(9,19)20/h1-2,5-6,9H,3-4,7-8,14H2,(H2,15,16,17,18). The fraction of sp³-hybridized carbons (Fsp3) is 0.385. The van der Waals surface area contributed by atoms with E-state index in [1.807, 2.05) is 24.3 Å². The van der Waals surface area contributed by atoms with Crippen LogP contribution in [-0.2, 0) is 9.84 Å². The molecule has 0 amide bonds. The number of nitrogens with two attached hydrogens (primary N) is 1. The fourth-order valence-electron chi connectivity index (χ4n) is 2.57. The molecule has 1 saturated heterocycles. The molecule has 4 N–H and O–H groups in total. The van der Waals surface area contributed by atoms with Crippen molar-refractivity contribution >= 4 is 32.5 Å². The van der Waals surface area contributed by atoms with Crippen LogP contribution in [0.1, 0.15) is 12.8 Å². The molecule has 1 aliphatic rings. The molecular weight excluding hydrogens is 290 g/mol. The van der Waals surface area contributed by atoms with Gasteiger partial charge in [-0.2, -0.15) is 4.98 Å². The first-order chi connectivity index (χ1) is 10.1. The number of fused-ring (bicyclic) bond motifs is 1. The summed E-state index contributed by atoms with van der Waals surface area (Å²) in [5.74, 6) is 6.54. The van der Waals surface area contributed by atoms with E-state index in [9.17, 15) is 8.42 Å². The van der Waals surface area contributed by atoms with Gasteiger partial charge in [0.1, 0.15) is 5.82 Å². The highest BCUT2D eigenvalue weighted by molar-refractivity contribution is 7.92. The lowest BCUT2D eigenvalue weighted by Gasteiger charge is -2.13. The van der Waals surface area contributed by atoms with Gasteiger partial charge in [-0.15, -0.1) is 0 Å². The maximum Gasteiger partial charge on any atom is 0.239 e. The maximum absolute atomic E-state index is 11.9. The number of rotatable bonds is 4. The molecule has 1 aromatic heterocycles. The topological polar surface area (TPSA) is 110 Å². The molecule has 2 aromatic rings. The molecule has 2 heterocycles. The van der Waals surface area contributed by atoms with Crippen LogP contribution < -0.4 is 16.6 Å². The Hall–Kier alpha value is -1.93. The number of hydrogen-bond donors (Lipinski definition) is 3. The molecule has 1 atom stereocenters. The molecule has 1 unspecified atom stereocenters. The van der Waals surface area contributed by atoms with Gasteiger partial charge in [0.25, 0.3) is 0 Å². The van der Waals surface area contributed by atoms with Crippen molar-refractivity contribution in [2.75, 3.05) is 23.0 Å². The third-order valence-corrected chi connectivity index (χ3v) is 5.97. The van der Waals surface area contributed by atoms with E-state index in [1.165, 1.54) is 0 Å². The first-order valence-corrected chi connectivity index (χ1v) is 8.50. The van der Waals surface area contributed by atoms with Crippen molar-refractivity contribution in [3.63, 3.8) is 0 Å². The maximum atomic E-state index is 11.9. The zero-order valence-corrected chi connectivity index (χ0v) is 12.2. The third kappa shape index (κ3) is 2.77. The number of hydrazine groups is 1. The molecule has 3 rings (SSSR count). The molecule has 0 radical (unpaired) electrons. The Labute approximate surface area is 122 Å². The Kier molecular flexibility index (Phi) is 3.64. The van der Waals surface area contributed by atoms with E-state index >= 15 is 0 Å². The molecule has 0 saturated carbocycles. The van der Waals surface area contributed by atoms with Crippen LogP contribution in [-0.4, -0.2) is 35.9 Å². The lowest BCUT2D eigenvalue weighted by molar-refractivity contribution is 0.591. The van der Waals surface area contributed by atoms with Crippen molar-refractivity contribution in [1.82, 2.24) is 9.97 Å². The molecule has 112 valence electrons. The molecule has 1 aromatic carbocycles. The van der Waals surface area contributed by atoms with Crippen molar-refractivity contribution in [1.29, 1.82) is 0 Å². The van der Waals surface area contributed by atoms with Gasteiger partial charge in [0.05, 0.1) is 16.5 Å². The Morgan fingerprint density at radius 2 is 2.10 bits per heavy atom. The monoisotopic (exact) mass is 307 g/mol. The average Bonchev–Trinajstić information content (AvgIpc) is 2.83. The van der Waals surface area contributed by atoms with E-state index in [2.05, 4.69) is 20.7 Å². The quantitative estimate of drug-likeness (QED) is 0.568. The summed E-state index contributed by atoms with van der Waals surface area (Å²) in [4.78, 5) is 8.53. The van der Waals surface area contributed by atoms with Crippen LogP contribution in [0, 0.1) is 0 Å². The molecule has 0 bridgehead atoms. The fourth-order valence-corrected chi connectivity index (χ4v) is 4.34. The largest absolute Gasteiger partial charge is 0.368 e. The minimum atomic E-state index is -2.97. The number of anilines is 2. The smallest absolute Gasteiger partial charge is 0.239 e. The molecular formula is C13H17N5O2S. The molecule has 8 heteroatoms. The first-order valence-electron chi connectivity index (χ1n) is 6.79. The van der Waals surface area contributed by atoms with Crippen LogP contribution >= 0.6 is 0 Å². The second-order valence-corrected chi connectivity index (χ2v) is 7.47. The highest BCUT2D eigenvalue weighted by Crippen LogP contribution is 2.24. The predicted octanol–water partition coefficient (Wildman–Crippen LogP) is 0.904. The van der Waals surface area contributed by atoms with Crippen molar-refractivity contribution in [3.05, 3.63) is 24.3 Å². The highest BCUT2D eigenvalue weighted by atomic mass is 32.2. The minimum Gasteiger partial charge on any atom is -0.368 e. The summed E-state index contributed by atoms with van der Waals surface area (Å²) in [7, 11) is -2.97. The number of benzene rings is 1. The van der Waals surface area contributed by atoms with Gasteiger partial charge < -0.3 is 5.32 Å². The lowest BCUT2D eigenvalue weighted by atomic mass is 10.2. The van der Waals surface area contributed by atoms with Crippen molar-refractivity contribution in [2.45, 2.75) is 18.1 Å². The lowest BCUT2D eigenvalue weighted by Crippen LogP contribution is -2.25. The van der Waals surface area contributed by atoms with Crippen LogP contribution in [0.15, 0.2) is 24.3 Å². The molecule has 0 spiro atoms. The number of nitrogens with zero attached hydrogens (tertiary/aromatic N) is 2. The van der Waals surface area contributed by atoms with Gasteiger partial charge in [-0.1, -0.05) is 12.1 Å².